The third kappa shape index (κ3) is 2.45. The van der Waals surface area contributed by atoms with Crippen molar-refractivity contribution in [3.05, 3.63) is 46.2 Å². The van der Waals surface area contributed by atoms with Crippen molar-refractivity contribution in [1.82, 2.24) is 9.78 Å². The van der Waals surface area contributed by atoms with E-state index >= 15 is 0 Å². The Bertz CT molecular complexity index is 592. The van der Waals surface area contributed by atoms with E-state index in [-0.39, 0.29) is 5.56 Å². The predicted octanol–water partition coefficient (Wildman–Crippen LogP) is 3.47. The minimum absolute atomic E-state index is 0.251. The van der Waals surface area contributed by atoms with Gasteiger partial charge in [0.05, 0.1) is 17.4 Å². The number of hydrogen-bond acceptors (Lipinski definition) is 2. The molecule has 1 aromatic carbocycles. The molecule has 0 atom stereocenters. The molecule has 0 aliphatic heterocycles. The SMILES string of the molecule is O=Cc1cc(Br)ccc1-n1cc(C(F)(F)F)cn1. The average molecular weight is 319 g/mol. The monoisotopic (exact) mass is 318 g/mol. The molecule has 0 spiro atoms. The number of aldehydes is 1. The van der Waals surface area contributed by atoms with Gasteiger partial charge in [-0.2, -0.15) is 18.3 Å². The Morgan fingerprint density at radius 1 is 1.33 bits per heavy atom. The molecule has 2 aromatic rings. The molecular formula is C11H6BrF3N2O. The second-order valence-corrected chi connectivity index (χ2v) is 4.41. The van der Waals surface area contributed by atoms with E-state index in [1.54, 1.807) is 6.07 Å². The lowest BCUT2D eigenvalue weighted by Gasteiger charge is -2.05. The highest BCUT2D eigenvalue weighted by Crippen LogP contribution is 2.29. The minimum atomic E-state index is -4.45. The van der Waals surface area contributed by atoms with Gasteiger partial charge in [0.25, 0.3) is 0 Å². The Morgan fingerprint density at radius 3 is 2.61 bits per heavy atom. The summed E-state index contributed by atoms with van der Waals surface area (Å²) in [5.41, 5.74) is -0.313. The number of carbonyl (C=O) groups excluding carboxylic acids is 1. The van der Waals surface area contributed by atoms with E-state index in [1.165, 1.54) is 12.1 Å². The zero-order valence-electron chi connectivity index (χ0n) is 8.78. The maximum absolute atomic E-state index is 12.4. The minimum Gasteiger partial charge on any atom is -0.298 e. The molecule has 0 fully saturated rings. The summed E-state index contributed by atoms with van der Waals surface area (Å²) in [5, 5.41) is 3.61. The quantitative estimate of drug-likeness (QED) is 0.795. The van der Waals surface area contributed by atoms with E-state index in [1.807, 2.05) is 0 Å². The van der Waals surface area contributed by atoms with E-state index < -0.39 is 11.7 Å². The highest BCUT2D eigenvalue weighted by molar-refractivity contribution is 9.10. The van der Waals surface area contributed by atoms with Gasteiger partial charge in [-0.05, 0) is 18.2 Å². The fourth-order valence-corrected chi connectivity index (χ4v) is 1.81. The van der Waals surface area contributed by atoms with Crippen LogP contribution in [0.5, 0.6) is 0 Å². The molecule has 0 radical (unpaired) electrons. The van der Waals surface area contributed by atoms with Crippen molar-refractivity contribution in [3.8, 4) is 5.69 Å². The molecular weight excluding hydrogens is 313 g/mol. The van der Waals surface area contributed by atoms with E-state index in [0.29, 0.717) is 16.4 Å². The zero-order valence-corrected chi connectivity index (χ0v) is 10.4. The van der Waals surface area contributed by atoms with E-state index in [4.69, 9.17) is 0 Å². The second kappa shape index (κ2) is 4.56. The third-order valence-corrected chi connectivity index (χ3v) is 2.77. The number of halogens is 4. The van der Waals surface area contributed by atoms with Crippen molar-refractivity contribution >= 4 is 22.2 Å². The molecule has 2 rings (SSSR count). The van der Waals surface area contributed by atoms with Crippen molar-refractivity contribution in [1.29, 1.82) is 0 Å². The Kier molecular flexibility index (Phi) is 3.25. The highest BCUT2D eigenvalue weighted by Gasteiger charge is 2.32. The number of aromatic nitrogens is 2. The summed E-state index contributed by atoms with van der Waals surface area (Å²) >= 11 is 3.18. The molecule has 0 N–H and O–H groups in total. The van der Waals surface area contributed by atoms with Gasteiger partial charge < -0.3 is 0 Å². The lowest BCUT2D eigenvalue weighted by molar-refractivity contribution is -0.137. The Morgan fingerprint density at radius 2 is 2.06 bits per heavy atom. The first-order valence-electron chi connectivity index (χ1n) is 4.79. The van der Waals surface area contributed by atoms with Gasteiger partial charge in [-0.1, -0.05) is 15.9 Å². The van der Waals surface area contributed by atoms with Crippen LogP contribution in [0.15, 0.2) is 35.1 Å². The van der Waals surface area contributed by atoms with Crippen molar-refractivity contribution < 1.29 is 18.0 Å². The molecule has 1 heterocycles. The number of nitrogens with zero attached hydrogens (tertiary/aromatic N) is 2. The number of carbonyl (C=O) groups is 1. The van der Waals surface area contributed by atoms with Gasteiger partial charge in [-0.25, -0.2) is 4.68 Å². The second-order valence-electron chi connectivity index (χ2n) is 3.49. The first kappa shape index (κ1) is 12.8. The van der Waals surface area contributed by atoms with Crippen LogP contribution in [0.2, 0.25) is 0 Å². The van der Waals surface area contributed by atoms with Crippen LogP contribution in [-0.2, 0) is 6.18 Å². The number of hydrogen-bond donors (Lipinski definition) is 0. The van der Waals surface area contributed by atoms with Gasteiger partial charge in [0.1, 0.15) is 0 Å². The Hall–Kier alpha value is -1.63. The van der Waals surface area contributed by atoms with Crippen LogP contribution in [0.1, 0.15) is 15.9 Å². The van der Waals surface area contributed by atoms with Crippen molar-refractivity contribution in [2.45, 2.75) is 6.18 Å². The van der Waals surface area contributed by atoms with Gasteiger partial charge in [-0.15, -0.1) is 0 Å². The molecule has 0 unspecified atom stereocenters. The van der Waals surface area contributed by atoms with Crippen LogP contribution in [0.25, 0.3) is 5.69 Å². The molecule has 7 heteroatoms. The number of rotatable bonds is 2. The largest absolute Gasteiger partial charge is 0.419 e. The van der Waals surface area contributed by atoms with E-state index in [2.05, 4.69) is 21.0 Å². The van der Waals surface area contributed by atoms with E-state index in [0.717, 1.165) is 17.1 Å². The topological polar surface area (TPSA) is 34.9 Å². The van der Waals surface area contributed by atoms with Crippen LogP contribution in [0, 0.1) is 0 Å². The van der Waals surface area contributed by atoms with Crippen LogP contribution in [0.4, 0.5) is 13.2 Å². The smallest absolute Gasteiger partial charge is 0.298 e. The van der Waals surface area contributed by atoms with Gasteiger partial charge in [0.15, 0.2) is 6.29 Å². The van der Waals surface area contributed by atoms with Gasteiger partial charge >= 0.3 is 6.18 Å². The van der Waals surface area contributed by atoms with E-state index in [9.17, 15) is 18.0 Å². The summed E-state index contributed by atoms with van der Waals surface area (Å²) in [6.07, 6.45) is -2.32. The Balaban J connectivity index is 2.49. The summed E-state index contributed by atoms with van der Waals surface area (Å²) in [6, 6.07) is 4.65. The van der Waals surface area contributed by atoms with Crippen molar-refractivity contribution in [3.63, 3.8) is 0 Å². The molecule has 0 bridgehead atoms. The van der Waals surface area contributed by atoms with Gasteiger partial charge in [0.2, 0.25) is 0 Å². The van der Waals surface area contributed by atoms with Crippen LogP contribution in [-0.4, -0.2) is 16.1 Å². The first-order valence-corrected chi connectivity index (χ1v) is 5.58. The standard InChI is InChI=1S/C11H6BrF3N2O/c12-9-1-2-10(7(3-9)6-18)17-5-8(4-16-17)11(13,14)15/h1-6H. The lowest BCUT2D eigenvalue weighted by Crippen LogP contribution is -2.03. The molecule has 0 saturated carbocycles. The Labute approximate surface area is 108 Å². The predicted molar refractivity (Wildman–Crippen MR) is 61.7 cm³/mol. The number of benzene rings is 1. The molecule has 3 nitrogen and oxygen atoms in total. The normalized spacial score (nSPS) is 11.6. The number of alkyl halides is 3. The fraction of sp³-hybridized carbons (Fsp3) is 0.0909. The third-order valence-electron chi connectivity index (χ3n) is 2.27. The van der Waals surface area contributed by atoms with Crippen LogP contribution < -0.4 is 0 Å². The maximum atomic E-state index is 12.4. The maximum Gasteiger partial charge on any atom is 0.419 e. The summed E-state index contributed by atoms with van der Waals surface area (Å²) < 4.78 is 39.0. The van der Waals surface area contributed by atoms with Crippen LogP contribution >= 0.6 is 15.9 Å². The molecule has 94 valence electrons. The summed E-state index contributed by atoms with van der Waals surface area (Å²) in [4.78, 5) is 10.9. The summed E-state index contributed by atoms with van der Waals surface area (Å²) in [7, 11) is 0. The van der Waals surface area contributed by atoms with Crippen molar-refractivity contribution in [2.24, 2.45) is 0 Å². The van der Waals surface area contributed by atoms with Gasteiger partial charge in [-0.3, -0.25) is 4.79 Å². The fourth-order valence-electron chi connectivity index (χ4n) is 1.43. The average Bonchev–Trinajstić information content (AvgIpc) is 2.77. The molecule has 1 aromatic heterocycles. The molecule has 0 aliphatic carbocycles. The molecule has 0 aliphatic rings. The first-order chi connectivity index (χ1) is 8.41. The van der Waals surface area contributed by atoms with Crippen LogP contribution in [0.3, 0.4) is 0 Å². The molecule has 18 heavy (non-hydrogen) atoms. The van der Waals surface area contributed by atoms with Crippen molar-refractivity contribution in [2.75, 3.05) is 0 Å². The molecule has 0 amide bonds. The summed E-state index contributed by atoms with van der Waals surface area (Å²) in [6.45, 7) is 0. The lowest BCUT2D eigenvalue weighted by atomic mass is 10.2. The zero-order chi connectivity index (χ0) is 13.3. The summed E-state index contributed by atoms with van der Waals surface area (Å²) in [5.74, 6) is 0. The highest BCUT2D eigenvalue weighted by atomic mass is 79.9. The molecule has 0 saturated heterocycles. The van der Waals surface area contributed by atoms with Gasteiger partial charge in [0, 0.05) is 16.2 Å².